The number of rotatable bonds is 7. The minimum atomic E-state index is 0.290. The monoisotopic (exact) mass is 247 g/mol. The SMILES string of the molecule is CC(=O)CCCN(C)CCc1cc(C)ccc1C. The Bertz CT molecular complexity index is 398. The van der Waals surface area contributed by atoms with Crippen LogP contribution in [0.25, 0.3) is 0 Å². The molecule has 0 saturated carbocycles. The predicted molar refractivity (Wildman–Crippen MR) is 77.0 cm³/mol. The van der Waals surface area contributed by atoms with Gasteiger partial charge in [-0.25, -0.2) is 0 Å². The molecule has 0 radical (unpaired) electrons. The molecule has 1 aromatic rings. The van der Waals surface area contributed by atoms with Crippen LogP contribution >= 0.6 is 0 Å². The molecule has 0 aromatic heterocycles. The summed E-state index contributed by atoms with van der Waals surface area (Å²) in [5.41, 5.74) is 4.14. The van der Waals surface area contributed by atoms with Gasteiger partial charge in [-0.2, -0.15) is 0 Å². The molecule has 0 saturated heterocycles. The van der Waals surface area contributed by atoms with Crippen LogP contribution in [0, 0.1) is 13.8 Å². The van der Waals surface area contributed by atoms with Gasteiger partial charge in [0.25, 0.3) is 0 Å². The molecule has 0 aliphatic carbocycles. The van der Waals surface area contributed by atoms with Crippen molar-refractivity contribution in [2.24, 2.45) is 0 Å². The highest BCUT2D eigenvalue weighted by molar-refractivity contribution is 5.75. The average molecular weight is 247 g/mol. The Labute approximate surface area is 111 Å². The third kappa shape index (κ3) is 5.46. The zero-order valence-electron chi connectivity index (χ0n) is 12.1. The molecule has 0 atom stereocenters. The topological polar surface area (TPSA) is 20.3 Å². The van der Waals surface area contributed by atoms with Gasteiger partial charge in [-0.05, 0) is 58.3 Å². The van der Waals surface area contributed by atoms with Crippen molar-refractivity contribution in [3.05, 3.63) is 34.9 Å². The van der Waals surface area contributed by atoms with Crippen LogP contribution in [0.3, 0.4) is 0 Å². The summed E-state index contributed by atoms with van der Waals surface area (Å²) in [5.74, 6) is 0.290. The smallest absolute Gasteiger partial charge is 0.129 e. The van der Waals surface area contributed by atoms with Gasteiger partial charge in [-0.3, -0.25) is 0 Å². The lowest BCUT2D eigenvalue weighted by Crippen LogP contribution is -2.23. The number of aryl methyl sites for hydroxylation is 2. The first-order valence-corrected chi connectivity index (χ1v) is 6.73. The maximum Gasteiger partial charge on any atom is 0.129 e. The van der Waals surface area contributed by atoms with Gasteiger partial charge in [0.2, 0.25) is 0 Å². The van der Waals surface area contributed by atoms with E-state index in [1.807, 2.05) is 0 Å². The van der Waals surface area contributed by atoms with Crippen molar-refractivity contribution in [2.45, 2.75) is 40.0 Å². The van der Waals surface area contributed by atoms with Crippen LogP contribution in [0.4, 0.5) is 0 Å². The Morgan fingerprint density at radius 1 is 1.22 bits per heavy atom. The summed E-state index contributed by atoms with van der Waals surface area (Å²) in [6.45, 7) is 8.03. The highest BCUT2D eigenvalue weighted by Gasteiger charge is 2.03. The predicted octanol–water partition coefficient (Wildman–Crippen LogP) is 3.15. The summed E-state index contributed by atoms with van der Waals surface area (Å²) in [6, 6.07) is 6.63. The second-order valence-electron chi connectivity index (χ2n) is 5.29. The van der Waals surface area contributed by atoms with E-state index in [-0.39, 0.29) is 5.78 Å². The normalized spacial score (nSPS) is 10.9. The van der Waals surface area contributed by atoms with Crippen LogP contribution in [-0.4, -0.2) is 30.8 Å². The summed E-state index contributed by atoms with van der Waals surface area (Å²) >= 11 is 0. The summed E-state index contributed by atoms with van der Waals surface area (Å²) < 4.78 is 0. The molecule has 18 heavy (non-hydrogen) atoms. The molecule has 2 heteroatoms. The van der Waals surface area contributed by atoms with Crippen molar-refractivity contribution in [1.29, 1.82) is 0 Å². The minimum Gasteiger partial charge on any atom is -0.306 e. The molecule has 100 valence electrons. The van der Waals surface area contributed by atoms with E-state index in [2.05, 4.69) is 44.0 Å². The molecule has 0 aliphatic heterocycles. The molecule has 0 N–H and O–H groups in total. The van der Waals surface area contributed by atoms with Crippen molar-refractivity contribution >= 4 is 5.78 Å². The lowest BCUT2D eigenvalue weighted by molar-refractivity contribution is -0.117. The molecular weight excluding hydrogens is 222 g/mol. The van der Waals surface area contributed by atoms with Gasteiger partial charge >= 0.3 is 0 Å². The van der Waals surface area contributed by atoms with Crippen LogP contribution < -0.4 is 0 Å². The Morgan fingerprint density at radius 3 is 2.61 bits per heavy atom. The molecule has 0 fully saturated rings. The fourth-order valence-corrected chi connectivity index (χ4v) is 2.09. The molecule has 2 nitrogen and oxygen atoms in total. The van der Waals surface area contributed by atoms with E-state index in [0.717, 1.165) is 25.9 Å². The standard InChI is InChI=1S/C16H25NO/c1-13-7-8-14(2)16(12-13)9-11-17(4)10-5-6-15(3)18/h7-8,12H,5-6,9-11H2,1-4H3. The van der Waals surface area contributed by atoms with E-state index in [4.69, 9.17) is 0 Å². The number of hydrogen-bond acceptors (Lipinski definition) is 2. The number of carbonyl (C=O) groups is 1. The molecule has 0 aliphatic rings. The number of carbonyl (C=O) groups excluding carboxylic acids is 1. The Morgan fingerprint density at radius 2 is 1.94 bits per heavy atom. The number of likely N-dealkylation sites (N-methyl/N-ethyl adjacent to an activating group) is 1. The molecular formula is C16H25NO. The molecule has 0 heterocycles. The van der Waals surface area contributed by atoms with Crippen molar-refractivity contribution in [3.63, 3.8) is 0 Å². The Balaban J connectivity index is 2.35. The summed E-state index contributed by atoms with van der Waals surface area (Å²) in [7, 11) is 2.13. The number of nitrogens with zero attached hydrogens (tertiary/aromatic N) is 1. The first-order valence-electron chi connectivity index (χ1n) is 6.73. The van der Waals surface area contributed by atoms with E-state index in [1.165, 1.54) is 16.7 Å². The first kappa shape index (κ1) is 14.9. The van der Waals surface area contributed by atoms with E-state index in [9.17, 15) is 4.79 Å². The fraction of sp³-hybridized carbons (Fsp3) is 0.562. The summed E-state index contributed by atoms with van der Waals surface area (Å²) in [6.07, 6.45) is 2.76. The molecule has 1 aromatic carbocycles. The van der Waals surface area contributed by atoms with Crippen molar-refractivity contribution in [3.8, 4) is 0 Å². The highest BCUT2D eigenvalue weighted by Crippen LogP contribution is 2.11. The lowest BCUT2D eigenvalue weighted by atomic mass is 10.0. The maximum absolute atomic E-state index is 10.9. The number of hydrogen-bond donors (Lipinski definition) is 0. The van der Waals surface area contributed by atoms with Crippen LogP contribution in [0.1, 0.15) is 36.5 Å². The maximum atomic E-state index is 10.9. The quantitative estimate of drug-likeness (QED) is 0.737. The zero-order valence-corrected chi connectivity index (χ0v) is 12.1. The largest absolute Gasteiger partial charge is 0.306 e. The van der Waals surface area contributed by atoms with Gasteiger partial charge in [-0.1, -0.05) is 23.8 Å². The number of Topliss-reactive ketones (excluding diaryl/α,β-unsaturated/α-hetero) is 1. The second kappa shape index (κ2) is 7.32. The molecule has 0 amide bonds. The van der Waals surface area contributed by atoms with Crippen LogP contribution in [0.15, 0.2) is 18.2 Å². The Kier molecular flexibility index (Phi) is 6.06. The van der Waals surface area contributed by atoms with Crippen molar-refractivity contribution in [2.75, 3.05) is 20.1 Å². The average Bonchev–Trinajstić information content (AvgIpc) is 2.30. The van der Waals surface area contributed by atoms with Crippen LogP contribution in [0.5, 0.6) is 0 Å². The first-order chi connectivity index (χ1) is 8.49. The fourth-order valence-electron chi connectivity index (χ4n) is 2.09. The highest BCUT2D eigenvalue weighted by atomic mass is 16.1. The molecule has 0 bridgehead atoms. The van der Waals surface area contributed by atoms with Gasteiger partial charge < -0.3 is 9.69 Å². The van der Waals surface area contributed by atoms with Gasteiger partial charge in [0.1, 0.15) is 5.78 Å². The lowest BCUT2D eigenvalue weighted by Gasteiger charge is -2.17. The minimum absolute atomic E-state index is 0.290. The van der Waals surface area contributed by atoms with E-state index >= 15 is 0 Å². The third-order valence-electron chi connectivity index (χ3n) is 3.34. The van der Waals surface area contributed by atoms with E-state index in [1.54, 1.807) is 6.92 Å². The molecule has 0 unspecified atom stereocenters. The number of ketones is 1. The molecule has 1 rings (SSSR count). The second-order valence-corrected chi connectivity index (χ2v) is 5.29. The molecule has 0 spiro atoms. The van der Waals surface area contributed by atoms with Crippen molar-refractivity contribution < 1.29 is 4.79 Å². The van der Waals surface area contributed by atoms with Crippen LogP contribution in [-0.2, 0) is 11.2 Å². The van der Waals surface area contributed by atoms with Gasteiger partial charge in [0, 0.05) is 13.0 Å². The zero-order chi connectivity index (χ0) is 13.5. The van der Waals surface area contributed by atoms with Gasteiger partial charge in [-0.15, -0.1) is 0 Å². The van der Waals surface area contributed by atoms with Gasteiger partial charge in [0.05, 0.1) is 0 Å². The summed E-state index contributed by atoms with van der Waals surface area (Å²) in [4.78, 5) is 13.2. The summed E-state index contributed by atoms with van der Waals surface area (Å²) in [5, 5.41) is 0. The van der Waals surface area contributed by atoms with Crippen LogP contribution in [0.2, 0.25) is 0 Å². The van der Waals surface area contributed by atoms with E-state index < -0.39 is 0 Å². The number of benzene rings is 1. The van der Waals surface area contributed by atoms with Crippen molar-refractivity contribution in [1.82, 2.24) is 4.90 Å². The third-order valence-corrected chi connectivity index (χ3v) is 3.34. The Hall–Kier alpha value is -1.15. The van der Waals surface area contributed by atoms with Gasteiger partial charge in [0.15, 0.2) is 0 Å². The van der Waals surface area contributed by atoms with E-state index in [0.29, 0.717) is 6.42 Å².